The van der Waals surface area contributed by atoms with Crippen molar-refractivity contribution < 1.29 is 4.79 Å². The molecule has 2 rings (SSSR count). The number of aromatic nitrogens is 2. The summed E-state index contributed by atoms with van der Waals surface area (Å²) in [6.45, 7) is 3.21. The highest BCUT2D eigenvalue weighted by molar-refractivity contribution is 5.87. The zero-order valence-corrected chi connectivity index (χ0v) is 8.68. The van der Waals surface area contributed by atoms with Crippen molar-refractivity contribution in [1.29, 1.82) is 0 Å². The molecule has 1 aliphatic rings. The van der Waals surface area contributed by atoms with Crippen LogP contribution in [0.2, 0.25) is 0 Å². The summed E-state index contributed by atoms with van der Waals surface area (Å²) in [5.74, 6) is 0.0620. The van der Waals surface area contributed by atoms with Gasteiger partial charge in [0, 0.05) is 31.3 Å². The van der Waals surface area contributed by atoms with E-state index in [4.69, 9.17) is 0 Å². The molecule has 0 fully saturated rings. The molecule has 1 amide bonds. The standard InChI is InChI=1S/C11H13N3O/c1-2-3-11(15)14-5-4-10-9(7-14)6-12-8-13-10/h2-3,6,8H,4-5,7H2,1H3/b3-2+. The maximum absolute atomic E-state index is 11.6. The number of carbonyl (C=O) groups excluding carboxylic acids is 1. The number of carbonyl (C=O) groups is 1. The summed E-state index contributed by atoms with van der Waals surface area (Å²) in [7, 11) is 0. The van der Waals surface area contributed by atoms with Gasteiger partial charge in [0.1, 0.15) is 6.33 Å². The number of nitrogens with zero attached hydrogens (tertiary/aromatic N) is 3. The monoisotopic (exact) mass is 203 g/mol. The minimum Gasteiger partial charge on any atom is -0.334 e. The second-order valence-corrected chi connectivity index (χ2v) is 3.50. The van der Waals surface area contributed by atoms with Gasteiger partial charge in [0.25, 0.3) is 0 Å². The van der Waals surface area contributed by atoms with Gasteiger partial charge in [0.2, 0.25) is 5.91 Å². The Morgan fingerprint density at radius 3 is 3.27 bits per heavy atom. The summed E-state index contributed by atoms with van der Waals surface area (Å²) >= 11 is 0. The quantitative estimate of drug-likeness (QED) is 0.638. The zero-order valence-electron chi connectivity index (χ0n) is 8.68. The first-order chi connectivity index (χ1) is 7.31. The van der Waals surface area contributed by atoms with Gasteiger partial charge < -0.3 is 4.90 Å². The lowest BCUT2D eigenvalue weighted by molar-refractivity contribution is -0.126. The van der Waals surface area contributed by atoms with E-state index in [1.165, 1.54) is 0 Å². The van der Waals surface area contributed by atoms with Crippen molar-refractivity contribution in [1.82, 2.24) is 14.9 Å². The molecule has 78 valence electrons. The molecule has 2 heterocycles. The third kappa shape index (κ3) is 2.03. The highest BCUT2D eigenvalue weighted by atomic mass is 16.2. The second kappa shape index (κ2) is 4.21. The smallest absolute Gasteiger partial charge is 0.246 e. The fourth-order valence-corrected chi connectivity index (χ4v) is 1.70. The first-order valence-electron chi connectivity index (χ1n) is 5.00. The Hall–Kier alpha value is -1.71. The Bertz CT molecular complexity index is 401. The van der Waals surface area contributed by atoms with Gasteiger partial charge in [-0.15, -0.1) is 0 Å². The average Bonchev–Trinajstić information content (AvgIpc) is 2.29. The molecule has 4 heteroatoms. The Labute approximate surface area is 88.7 Å². The second-order valence-electron chi connectivity index (χ2n) is 3.50. The van der Waals surface area contributed by atoms with Crippen molar-refractivity contribution in [2.24, 2.45) is 0 Å². The third-order valence-electron chi connectivity index (χ3n) is 2.48. The molecule has 0 aromatic carbocycles. The van der Waals surface area contributed by atoms with Crippen molar-refractivity contribution in [2.45, 2.75) is 19.9 Å². The van der Waals surface area contributed by atoms with Gasteiger partial charge in [0.05, 0.1) is 5.69 Å². The zero-order chi connectivity index (χ0) is 10.7. The number of amides is 1. The van der Waals surface area contributed by atoms with E-state index in [1.807, 2.05) is 11.8 Å². The summed E-state index contributed by atoms with van der Waals surface area (Å²) in [5.41, 5.74) is 2.12. The van der Waals surface area contributed by atoms with Crippen LogP contribution in [-0.4, -0.2) is 27.3 Å². The fourth-order valence-electron chi connectivity index (χ4n) is 1.70. The van der Waals surface area contributed by atoms with Gasteiger partial charge in [-0.1, -0.05) is 6.08 Å². The van der Waals surface area contributed by atoms with Gasteiger partial charge in [-0.25, -0.2) is 9.97 Å². The maximum atomic E-state index is 11.6. The molecule has 15 heavy (non-hydrogen) atoms. The first kappa shape index (κ1) is 9.83. The summed E-state index contributed by atoms with van der Waals surface area (Å²) in [6, 6.07) is 0. The van der Waals surface area contributed by atoms with E-state index < -0.39 is 0 Å². The highest BCUT2D eigenvalue weighted by Gasteiger charge is 2.19. The van der Waals surface area contributed by atoms with Crippen molar-refractivity contribution >= 4 is 5.91 Å². The van der Waals surface area contributed by atoms with Crippen LogP contribution in [0.1, 0.15) is 18.2 Å². The van der Waals surface area contributed by atoms with Crippen LogP contribution in [0.25, 0.3) is 0 Å². The molecule has 1 aliphatic heterocycles. The Morgan fingerprint density at radius 1 is 1.60 bits per heavy atom. The number of hydrogen-bond donors (Lipinski definition) is 0. The van der Waals surface area contributed by atoms with Crippen LogP contribution in [0.5, 0.6) is 0 Å². The predicted octanol–water partition coefficient (Wildman–Crippen LogP) is 0.937. The average molecular weight is 203 g/mol. The van der Waals surface area contributed by atoms with Crippen LogP contribution in [0.4, 0.5) is 0 Å². The van der Waals surface area contributed by atoms with Gasteiger partial charge >= 0.3 is 0 Å². The van der Waals surface area contributed by atoms with Crippen LogP contribution in [0.3, 0.4) is 0 Å². The fraction of sp³-hybridized carbons (Fsp3) is 0.364. The molecule has 0 N–H and O–H groups in total. The molecule has 0 unspecified atom stereocenters. The minimum atomic E-state index is 0.0620. The molecule has 0 radical (unpaired) electrons. The number of hydrogen-bond acceptors (Lipinski definition) is 3. The molecule has 1 aromatic rings. The number of rotatable bonds is 1. The van der Waals surface area contributed by atoms with E-state index in [0.717, 1.165) is 24.2 Å². The van der Waals surface area contributed by atoms with Crippen LogP contribution >= 0.6 is 0 Å². The summed E-state index contributed by atoms with van der Waals surface area (Å²) < 4.78 is 0. The normalized spacial score (nSPS) is 15.4. The molecule has 1 aromatic heterocycles. The number of fused-ring (bicyclic) bond motifs is 1. The molecule has 0 aliphatic carbocycles. The Balaban J connectivity index is 2.15. The molecule has 0 saturated heterocycles. The van der Waals surface area contributed by atoms with Gasteiger partial charge in [0.15, 0.2) is 0 Å². The molecule has 0 atom stereocenters. The van der Waals surface area contributed by atoms with E-state index in [1.54, 1.807) is 24.7 Å². The largest absolute Gasteiger partial charge is 0.334 e. The van der Waals surface area contributed by atoms with Crippen LogP contribution in [0.15, 0.2) is 24.7 Å². The van der Waals surface area contributed by atoms with E-state index in [-0.39, 0.29) is 5.91 Å². The first-order valence-corrected chi connectivity index (χ1v) is 5.00. The lowest BCUT2D eigenvalue weighted by Crippen LogP contribution is -2.35. The highest BCUT2D eigenvalue weighted by Crippen LogP contribution is 2.15. The van der Waals surface area contributed by atoms with E-state index >= 15 is 0 Å². The van der Waals surface area contributed by atoms with E-state index in [2.05, 4.69) is 9.97 Å². The van der Waals surface area contributed by atoms with Crippen LogP contribution in [-0.2, 0) is 17.8 Å². The van der Waals surface area contributed by atoms with Crippen molar-refractivity contribution in [2.75, 3.05) is 6.54 Å². The summed E-state index contributed by atoms with van der Waals surface area (Å²) in [4.78, 5) is 21.6. The summed E-state index contributed by atoms with van der Waals surface area (Å²) in [5, 5.41) is 0. The molecular formula is C11H13N3O. The summed E-state index contributed by atoms with van der Waals surface area (Å²) in [6.07, 6.45) is 7.52. The third-order valence-corrected chi connectivity index (χ3v) is 2.48. The lowest BCUT2D eigenvalue weighted by Gasteiger charge is -2.26. The molecule has 0 bridgehead atoms. The number of allylic oxidation sites excluding steroid dienone is 1. The molecule has 4 nitrogen and oxygen atoms in total. The Morgan fingerprint density at radius 2 is 2.47 bits per heavy atom. The predicted molar refractivity (Wildman–Crippen MR) is 56.0 cm³/mol. The minimum absolute atomic E-state index is 0.0620. The molecule has 0 spiro atoms. The van der Waals surface area contributed by atoms with Gasteiger partial charge in [-0.2, -0.15) is 0 Å². The lowest BCUT2D eigenvalue weighted by atomic mass is 10.1. The van der Waals surface area contributed by atoms with Crippen molar-refractivity contribution in [3.05, 3.63) is 35.9 Å². The molecule has 0 saturated carbocycles. The Kier molecular flexibility index (Phi) is 2.76. The SMILES string of the molecule is C/C=C/C(=O)N1CCc2ncncc2C1. The van der Waals surface area contributed by atoms with E-state index in [0.29, 0.717) is 6.54 Å². The van der Waals surface area contributed by atoms with Crippen molar-refractivity contribution in [3.8, 4) is 0 Å². The van der Waals surface area contributed by atoms with Crippen molar-refractivity contribution in [3.63, 3.8) is 0 Å². The van der Waals surface area contributed by atoms with Crippen LogP contribution in [0, 0.1) is 0 Å². The van der Waals surface area contributed by atoms with Gasteiger partial charge in [-0.05, 0) is 13.0 Å². The van der Waals surface area contributed by atoms with Gasteiger partial charge in [-0.3, -0.25) is 4.79 Å². The molecular weight excluding hydrogens is 190 g/mol. The maximum Gasteiger partial charge on any atom is 0.246 e. The topological polar surface area (TPSA) is 46.1 Å². The van der Waals surface area contributed by atoms with Crippen LogP contribution < -0.4 is 0 Å². The van der Waals surface area contributed by atoms with E-state index in [9.17, 15) is 4.79 Å².